The molecular formula is C23H25N3O. The maximum Gasteiger partial charge on any atom is 0.252 e. The van der Waals surface area contributed by atoms with E-state index in [0.29, 0.717) is 12.1 Å². The second kappa shape index (κ2) is 8.99. The number of benzene rings is 2. The van der Waals surface area contributed by atoms with Gasteiger partial charge in [0.05, 0.1) is 17.4 Å². The lowest BCUT2D eigenvalue weighted by Gasteiger charge is -2.10. The first-order chi connectivity index (χ1) is 13.1. The molecule has 2 N–H and O–H groups in total. The monoisotopic (exact) mass is 359 g/mol. The van der Waals surface area contributed by atoms with Crippen LogP contribution >= 0.6 is 0 Å². The first-order valence-corrected chi connectivity index (χ1v) is 9.23. The highest BCUT2D eigenvalue weighted by Crippen LogP contribution is 2.19. The lowest BCUT2D eigenvalue weighted by atomic mass is 10.1. The number of aromatic nitrogens is 1. The maximum atomic E-state index is 12.4. The van der Waals surface area contributed by atoms with E-state index in [0.717, 1.165) is 24.2 Å². The third-order valence-corrected chi connectivity index (χ3v) is 4.28. The molecule has 1 heterocycles. The van der Waals surface area contributed by atoms with Crippen LogP contribution in [0.4, 0.5) is 11.4 Å². The van der Waals surface area contributed by atoms with Crippen molar-refractivity contribution in [3.05, 3.63) is 89.2 Å². The van der Waals surface area contributed by atoms with Crippen LogP contribution in [0.1, 0.15) is 33.5 Å². The van der Waals surface area contributed by atoms with Crippen LogP contribution in [0, 0.1) is 13.8 Å². The van der Waals surface area contributed by atoms with Gasteiger partial charge in [0, 0.05) is 18.4 Å². The van der Waals surface area contributed by atoms with Gasteiger partial charge >= 0.3 is 0 Å². The molecule has 0 fully saturated rings. The van der Waals surface area contributed by atoms with Gasteiger partial charge in [-0.05, 0) is 61.6 Å². The number of rotatable bonds is 7. The zero-order chi connectivity index (χ0) is 19.1. The summed E-state index contributed by atoms with van der Waals surface area (Å²) in [5.74, 6) is -0.0976. The van der Waals surface area contributed by atoms with Crippen molar-refractivity contribution in [2.24, 2.45) is 0 Å². The minimum Gasteiger partial charge on any atom is -0.354 e. The Morgan fingerprint density at radius 3 is 2.41 bits per heavy atom. The second-order valence-corrected chi connectivity index (χ2v) is 6.81. The number of aryl methyl sites for hydroxylation is 3. The van der Waals surface area contributed by atoms with Crippen LogP contribution in [-0.2, 0) is 6.42 Å². The predicted octanol–water partition coefficient (Wildman–Crippen LogP) is 4.80. The van der Waals surface area contributed by atoms with Crippen molar-refractivity contribution in [3.8, 4) is 0 Å². The zero-order valence-corrected chi connectivity index (χ0v) is 15.8. The predicted molar refractivity (Wildman–Crippen MR) is 111 cm³/mol. The van der Waals surface area contributed by atoms with Gasteiger partial charge in [-0.3, -0.25) is 9.78 Å². The summed E-state index contributed by atoms with van der Waals surface area (Å²) >= 11 is 0. The van der Waals surface area contributed by atoms with Crippen molar-refractivity contribution in [1.29, 1.82) is 0 Å². The fourth-order valence-corrected chi connectivity index (χ4v) is 3.09. The number of carbonyl (C=O) groups excluding carboxylic acids is 1. The van der Waals surface area contributed by atoms with Crippen LogP contribution in [0.15, 0.2) is 67.0 Å². The van der Waals surface area contributed by atoms with Gasteiger partial charge in [0.1, 0.15) is 0 Å². The molecule has 3 aromatic rings. The molecule has 0 unspecified atom stereocenters. The molecule has 27 heavy (non-hydrogen) atoms. The minimum atomic E-state index is -0.0976. The Morgan fingerprint density at radius 2 is 1.67 bits per heavy atom. The molecule has 2 aromatic carbocycles. The molecule has 0 bridgehead atoms. The highest BCUT2D eigenvalue weighted by Gasteiger charge is 2.07. The topological polar surface area (TPSA) is 54.0 Å². The molecule has 0 spiro atoms. The van der Waals surface area contributed by atoms with E-state index in [1.165, 1.54) is 16.7 Å². The average Bonchev–Trinajstić information content (AvgIpc) is 2.65. The van der Waals surface area contributed by atoms with Crippen molar-refractivity contribution >= 4 is 17.3 Å². The van der Waals surface area contributed by atoms with Gasteiger partial charge in [-0.25, -0.2) is 0 Å². The second-order valence-electron chi connectivity index (χ2n) is 6.81. The normalized spacial score (nSPS) is 10.4. The Morgan fingerprint density at radius 1 is 0.926 bits per heavy atom. The van der Waals surface area contributed by atoms with Crippen LogP contribution in [0.5, 0.6) is 0 Å². The Kier molecular flexibility index (Phi) is 6.21. The lowest BCUT2D eigenvalue weighted by Crippen LogP contribution is -2.25. The standard InChI is InChI=1S/C23H25N3O/c1-17-11-18(2)13-21(12-17)26-22-14-20(15-24-16-22)23(27)25-10-6-9-19-7-4-3-5-8-19/h3-5,7-8,11-16,26H,6,9-10H2,1-2H3,(H,25,27). The van der Waals surface area contributed by atoms with Gasteiger partial charge in [0.25, 0.3) is 5.91 Å². The third kappa shape index (κ3) is 5.68. The van der Waals surface area contributed by atoms with Gasteiger partial charge in [-0.1, -0.05) is 36.4 Å². The zero-order valence-electron chi connectivity index (χ0n) is 15.8. The van der Waals surface area contributed by atoms with E-state index in [-0.39, 0.29) is 5.91 Å². The Balaban J connectivity index is 1.55. The number of pyridine rings is 1. The molecule has 0 aliphatic rings. The van der Waals surface area contributed by atoms with Gasteiger partial charge < -0.3 is 10.6 Å². The summed E-state index contributed by atoms with van der Waals surface area (Å²) in [6.07, 6.45) is 5.18. The van der Waals surface area contributed by atoms with E-state index in [2.05, 4.69) is 59.8 Å². The number of nitrogens with zero attached hydrogens (tertiary/aromatic N) is 1. The summed E-state index contributed by atoms with van der Waals surface area (Å²) in [5, 5.41) is 6.30. The van der Waals surface area contributed by atoms with E-state index in [1.807, 2.05) is 24.3 Å². The quantitative estimate of drug-likeness (QED) is 0.596. The summed E-state index contributed by atoms with van der Waals surface area (Å²) in [6, 6.07) is 18.4. The molecule has 1 aromatic heterocycles. The molecule has 0 saturated carbocycles. The summed E-state index contributed by atoms with van der Waals surface area (Å²) in [6.45, 7) is 4.77. The number of nitrogens with one attached hydrogen (secondary N) is 2. The van der Waals surface area contributed by atoms with E-state index in [4.69, 9.17) is 0 Å². The highest BCUT2D eigenvalue weighted by molar-refractivity contribution is 5.94. The molecule has 0 aliphatic heterocycles. The first kappa shape index (κ1) is 18.6. The van der Waals surface area contributed by atoms with Crippen molar-refractivity contribution in [3.63, 3.8) is 0 Å². The SMILES string of the molecule is Cc1cc(C)cc(Nc2cncc(C(=O)NCCCc3ccccc3)c2)c1. The highest BCUT2D eigenvalue weighted by atomic mass is 16.1. The number of amides is 1. The van der Waals surface area contributed by atoms with Gasteiger partial charge in [0.15, 0.2) is 0 Å². The van der Waals surface area contributed by atoms with Gasteiger partial charge in [0.2, 0.25) is 0 Å². The number of hydrogen-bond donors (Lipinski definition) is 2. The molecule has 0 aliphatic carbocycles. The van der Waals surface area contributed by atoms with E-state index in [9.17, 15) is 4.79 Å². The molecular weight excluding hydrogens is 334 g/mol. The molecule has 0 atom stereocenters. The largest absolute Gasteiger partial charge is 0.354 e. The minimum absolute atomic E-state index is 0.0976. The fourth-order valence-electron chi connectivity index (χ4n) is 3.09. The van der Waals surface area contributed by atoms with Crippen LogP contribution in [0.2, 0.25) is 0 Å². The molecule has 0 radical (unpaired) electrons. The molecule has 4 heteroatoms. The van der Waals surface area contributed by atoms with Crippen molar-refractivity contribution in [2.75, 3.05) is 11.9 Å². The Labute approximate surface area is 160 Å². The molecule has 3 rings (SSSR count). The smallest absolute Gasteiger partial charge is 0.252 e. The fraction of sp³-hybridized carbons (Fsp3) is 0.217. The molecule has 4 nitrogen and oxygen atoms in total. The number of anilines is 2. The van der Waals surface area contributed by atoms with Crippen LogP contribution in [-0.4, -0.2) is 17.4 Å². The van der Waals surface area contributed by atoms with Crippen LogP contribution in [0.25, 0.3) is 0 Å². The first-order valence-electron chi connectivity index (χ1n) is 9.23. The summed E-state index contributed by atoms with van der Waals surface area (Å²) in [7, 11) is 0. The van der Waals surface area contributed by atoms with Crippen molar-refractivity contribution in [2.45, 2.75) is 26.7 Å². The van der Waals surface area contributed by atoms with Crippen LogP contribution < -0.4 is 10.6 Å². The Hall–Kier alpha value is -3.14. The molecule has 1 amide bonds. The molecule has 0 saturated heterocycles. The summed E-state index contributed by atoms with van der Waals surface area (Å²) in [4.78, 5) is 16.6. The number of hydrogen-bond acceptors (Lipinski definition) is 3. The van der Waals surface area contributed by atoms with Crippen LogP contribution in [0.3, 0.4) is 0 Å². The van der Waals surface area contributed by atoms with Crippen molar-refractivity contribution < 1.29 is 4.79 Å². The maximum absolute atomic E-state index is 12.4. The molecule has 138 valence electrons. The van der Waals surface area contributed by atoms with E-state index in [1.54, 1.807) is 12.4 Å². The number of carbonyl (C=O) groups is 1. The lowest BCUT2D eigenvalue weighted by molar-refractivity contribution is 0.0953. The Bertz CT molecular complexity index is 886. The van der Waals surface area contributed by atoms with E-state index < -0.39 is 0 Å². The van der Waals surface area contributed by atoms with Gasteiger partial charge in [-0.2, -0.15) is 0 Å². The van der Waals surface area contributed by atoms with Gasteiger partial charge in [-0.15, -0.1) is 0 Å². The van der Waals surface area contributed by atoms with E-state index >= 15 is 0 Å². The van der Waals surface area contributed by atoms with Crippen molar-refractivity contribution in [1.82, 2.24) is 10.3 Å². The summed E-state index contributed by atoms with van der Waals surface area (Å²) in [5.41, 5.74) is 6.03. The third-order valence-electron chi connectivity index (χ3n) is 4.28. The summed E-state index contributed by atoms with van der Waals surface area (Å²) < 4.78 is 0. The average molecular weight is 359 g/mol.